The van der Waals surface area contributed by atoms with Gasteiger partial charge in [-0.25, -0.2) is 19.3 Å². The zero-order chi connectivity index (χ0) is 13.9. The molecule has 3 N–H and O–H groups in total. The number of halogens is 1. The van der Waals surface area contributed by atoms with Crippen LogP contribution in [0.2, 0.25) is 0 Å². The van der Waals surface area contributed by atoms with E-state index < -0.39 is 0 Å². The first-order valence-electron chi connectivity index (χ1n) is 6.07. The van der Waals surface area contributed by atoms with Crippen LogP contribution in [0.25, 0.3) is 10.9 Å². The molecule has 5 nitrogen and oxygen atoms in total. The molecule has 1 aromatic carbocycles. The smallest absolute Gasteiger partial charge is 0.149 e. The number of nitrogens with zero attached hydrogens (tertiary/aromatic N) is 3. The molecule has 3 aromatic rings. The predicted octanol–water partition coefficient (Wildman–Crippen LogP) is 2.36. The van der Waals surface area contributed by atoms with E-state index in [1.807, 2.05) is 6.07 Å². The third kappa shape index (κ3) is 2.35. The van der Waals surface area contributed by atoms with E-state index in [-0.39, 0.29) is 5.82 Å². The highest BCUT2D eigenvalue weighted by Gasteiger charge is 2.06. The number of rotatable bonds is 3. The van der Waals surface area contributed by atoms with Crippen molar-refractivity contribution >= 4 is 22.5 Å². The summed E-state index contributed by atoms with van der Waals surface area (Å²) >= 11 is 0. The summed E-state index contributed by atoms with van der Waals surface area (Å²) in [5, 5.41) is 3.80. The zero-order valence-corrected chi connectivity index (χ0v) is 10.5. The molecule has 2 heterocycles. The van der Waals surface area contributed by atoms with Crippen molar-refractivity contribution in [2.75, 3.05) is 11.1 Å². The number of nitrogen functional groups attached to an aromatic ring is 1. The molecule has 20 heavy (non-hydrogen) atoms. The van der Waals surface area contributed by atoms with Gasteiger partial charge in [0.2, 0.25) is 0 Å². The highest BCUT2D eigenvalue weighted by molar-refractivity contribution is 5.89. The van der Waals surface area contributed by atoms with Crippen LogP contribution >= 0.6 is 0 Å². The van der Waals surface area contributed by atoms with Crippen LogP contribution < -0.4 is 11.1 Å². The molecule has 0 aliphatic rings. The number of nitrogens with one attached hydrogen (secondary N) is 1. The zero-order valence-electron chi connectivity index (χ0n) is 10.5. The molecule has 0 bridgehead atoms. The first-order chi connectivity index (χ1) is 9.74. The fourth-order valence-electron chi connectivity index (χ4n) is 1.92. The maximum absolute atomic E-state index is 13.6. The van der Waals surface area contributed by atoms with Gasteiger partial charge < -0.3 is 11.1 Å². The minimum atomic E-state index is -0.359. The van der Waals surface area contributed by atoms with Crippen molar-refractivity contribution in [3.05, 3.63) is 54.2 Å². The first kappa shape index (κ1) is 12.3. The topological polar surface area (TPSA) is 76.7 Å². The van der Waals surface area contributed by atoms with Gasteiger partial charge in [0.25, 0.3) is 0 Å². The Morgan fingerprint density at radius 3 is 2.80 bits per heavy atom. The Morgan fingerprint density at radius 1 is 1.10 bits per heavy atom. The minimum absolute atomic E-state index is 0.306. The third-order valence-electron chi connectivity index (χ3n) is 2.92. The Balaban J connectivity index is 1.88. The van der Waals surface area contributed by atoms with E-state index in [1.54, 1.807) is 24.4 Å². The van der Waals surface area contributed by atoms with Crippen LogP contribution in [0.4, 0.5) is 16.0 Å². The van der Waals surface area contributed by atoms with Crippen molar-refractivity contribution in [3.63, 3.8) is 0 Å². The molecule has 3 rings (SSSR count). The Labute approximate surface area is 114 Å². The van der Waals surface area contributed by atoms with Crippen molar-refractivity contribution in [1.82, 2.24) is 15.0 Å². The molecular weight excluding hydrogens is 257 g/mol. The number of hydrogen-bond donors (Lipinski definition) is 2. The van der Waals surface area contributed by atoms with Gasteiger partial charge in [0.05, 0.1) is 0 Å². The second kappa shape index (κ2) is 5.08. The molecule has 0 spiro atoms. The van der Waals surface area contributed by atoms with Crippen molar-refractivity contribution in [2.24, 2.45) is 0 Å². The van der Waals surface area contributed by atoms with Crippen LogP contribution in [0.5, 0.6) is 0 Å². The molecule has 0 saturated carbocycles. The van der Waals surface area contributed by atoms with Crippen molar-refractivity contribution in [2.45, 2.75) is 6.54 Å². The molecule has 0 radical (unpaired) electrons. The number of aromatic nitrogens is 3. The van der Waals surface area contributed by atoms with E-state index >= 15 is 0 Å². The Bertz CT molecular complexity index is 742. The second-order valence-corrected chi connectivity index (χ2v) is 4.30. The van der Waals surface area contributed by atoms with Crippen LogP contribution in [-0.2, 0) is 6.54 Å². The van der Waals surface area contributed by atoms with Crippen molar-refractivity contribution in [3.8, 4) is 0 Å². The summed E-state index contributed by atoms with van der Waals surface area (Å²) in [6, 6.07) is 8.40. The largest absolute Gasteiger partial charge is 0.384 e. The van der Waals surface area contributed by atoms with Crippen molar-refractivity contribution in [1.29, 1.82) is 0 Å². The van der Waals surface area contributed by atoms with Gasteiger partial charge in [0, 0.05) is 18.1 Å². The average Bonchev–Trinajstić information content (AvgIpc) is 2.47. The standard InChI is InChI=1S/C14H12FN5/c15-11-3-1-2-10-13(11)19-8-20-14(10)18-7-9-4-5-12(16)17-6-9/h1-6,8H,7H2,(H2,16,17)(H,18,19,20). The van der Waals surface area contributed by atoms with Gasteiger partial charge in [-0.3, -0.25) is 0 Å². The lowest BCUT2D eigenvalue weighted by Gasteiger charge is -2.08. The Kier molecular flexibility index (Phi) is 3.12. The van der Waals surface area contributed by atoms with E-state index in [0.717, 1.165) is 5.56 Å². The summed E-state index contributed by atoms with van der Waals surface area (Å²) in [6.07, 6.45) is 3.03. The summed E-state index contributed by atoms with van der Waals surface area (Å²) < 4.78 is 13.6. The van der Waals surface area contributed by atoms with Gasteiger partial charge in [0.1, 0.15) is 29.3 Å². The molecule has 0 fully saturated rings. The van der Waals surface area contributed by atoms with Crippen LogP contribution in [-0.4, -0.2) is 15.0 Å². The van der Waals surface area contributed by atoms with Gasteiger partial charge in [-0.1, -0.05) is 12.1 Å². The predicted molar refractivity (Wildman–Crippen MR) is 75.5 cm³/mol. The van der Waals surface area contributed by atoms with Gasteiger partial charge in [-0.05, 0) is 23.8 Å². The third-order valence-corrected chi connectivity index (χ3v) is 2.92. The van der Waals surface area contributed by atoms with Crippen LogP contribution in [0.15, 0.2) is 42.9 Å². The number of benzene rings is 1. The van der Waals surface area contributed by atoms with E-state index in [9.17, 15) is 4.39 Å². The lowest BCUT2D eigenvalue weighted by molar-refractivity contribution is 0.636. The molecule has 6 heteroatoms. The van der Waals surface area contributed by atoms with E-state index in [2.05, 4.69) is 20.3 Å². The van der Waals surface area contributed by atoms with E-state index in [1.165, 1.54) is 12.4 Å². The number of para-hydroxylation sites is 1. The molecular formula is C14H12FN5. The number of anilines is 2. The van der Waals surface area contributed by atoms with E-state index in [4.69, 9.17) is 5.73 Å². The second-order valence-electron chi connectivity index (χ2n) is 4.30. The van der Waals surface area contributed by atoms with Crippen molar-refractivity contribution < 1.29 is 4.39 Å². The SMILES string of the molecule is Nc1ccc(CNc2ncnc3c(F)cccc23)cn1. The molecule has 0 atom stereocenters. The van der Waals surface area contributed by atoms with Gasteiger partial charge >= 0.3 is 0 Å². The van der Waals surface area contributed by atoms with Gasteiger partial charge in [-0.15, -0.1) is 0 Å². The highest BCUT2D eigenvalue weighted by Crippen LogP contribution is 2.21. The quantitative estimate of drug-likeness (QED) is 0.763. The minimum Gasteiger partial charge on any atom is -0.384 e. The molecule has 0 aliphatic heterocycles. The van der Waals surface area contributed by atoms with Crippen LogP contribution in [0.3, 0.4) is 0 Å². The number of pyridine rings is 1. The highest BCUT2D eigenvalue weighted by atomic mass is 19.1. The molecule has 0 amide bonds. The summed E-state index contributed by atoms with van der Waals surface area (Å²) in [4.78, 5) is 12.1. The lowest BCUT2D eigenvalue weighted by atomic mass is 10.2. The summed E-state index contributed by atoms with van der Waals surface area (Å²) in [6.45, 7) is 0.524. The summed E-state index contributed by atoms with van der Waals surface area (Å²) in [5.41, 5.74) is 6.80. The Morgan fingerprint density at radius 2 is 2.00 bits per heavy atom. The van der Waals surface area contributed by atoms with Crippen LogP contribution in [0, 0.1) is 5.82 Å². The molecule has 0 unspecified atom stereocenters. The summed E-state index contributed by atoms with van der Waals surface area (Å²) in [5.74, 6) is 0.705. The first-order valence-corrected chi connectivity index (χ1v) is 6.07. The fourth-order valence-corrected chi connectivity index (χ4v) is 1.92. The monoisotopic (exact) mass is 269 g/mol. The van der Waals surface area contributed by atoms with Gasteiger partial charge in [-0.2, -0.15) is 0 Å². The molecule has 100 valence electrons. The maximum Gasteiger partial charge on any atom is 0.149 e. The number of fused-ring (bicyclic) bond motifs is 1. The lowest BCUT2D eigenvalue weighted by Crippen LogP contribution is -2.03. The fraction of sp³-hybridized carbons (Fsp3) is 0.0714. The normalized spacial score (nSPS) is 10.7. The number of nitrogens with two attached hydrogens (primary N) is 1. The maximum atomic E-state index is 13.6. The molecule has 0 saturated heterocycles. The Hall–Kier alpha value is -2.76. The molecule has 2 aromatic heterocycles. The van der Waals surface area contributed by atoms with Gasteiger partial charge in [0.15, 0.2) is 0 Å². The molecule has 0 aliphatic carbocycles. The summed E-state index contributed by atoms with van der Waals surface area (Å²) in [7, 11) is 0. The van der Waals surface area contributed by atoms with E-state index in [0.29, 0.717) is 29.1 Å². The van der Waals surface area contributed by atoms with Crippen LogP contribution in [0.1, 0.15) is 5.56 Å². The number of hydrogen-bond acceptors (Lipinski definition) is 5. The average molecular weight is 269 g/mol.